The predicted octanol–water partition coefficient (Wildman–Crippen LogP) is 8.77. The Balaban J connectivity index is 2.01. The number of rotatable bonds is 4. The highest BCUT2D eigenvalue weighted by atomic mass is 32.2. The highest BCUT2D eigenvalue weighted by Crippen LogP contribution is 2.46. The molecule has 5 aromatic carbocycles. The summed E-state index contributed by atoms with van der Waals surface area (Å²) in [6.07, 6.45) is 4.32. The molecule has 30 heavy (non-hydrogen) atoms. The van der Waals surface area contributed by atoms with Gasteiger partial charge in [-0.25, -0.2) is 0 Å². The minimum atomic E-state index is 1.31. The van der Waals surface area contributed by atoms with Gasteiger partial charge in [-0.15, -0.1) is 23.5 Å². The summed E-state index contributed by atoms with van der Waals surface area (Å²) in [6, 6.07) is 35.3. The minimum absolute atomic E-state index is 1.31. The molecule has 0 aromatic heterocycles. The van der Waals surface area contributed by atoms with Crippen LogP contribution in [-0.2, 0) is 0 Å². The molecule has 0 aliphatic rings. The van der Waals surface area contributed by atoms with Crippen molar-refractivity contribution in [3.8, 4) is 22.3 Å². The lowest BCUT2D eigenvalue weighted by Gasteiger charge is -2.20. The van der Waals surface area contributed by atoms with Gasteiger partial charge in [0.15, 0.2) is 0 Å². The molecular formula is C28H22S2. The highest BCUT2D eigenvalue weighted by molar-refractivity contribution is 7.99. The minimum Gasteiger partial charge on any atom is -0.129 e. The Morgan fingerprint density at radius 3 is 1.03 bits per heavy atom. The van der Waals surface area contributed by atoms with Gasteiger partial charge >= 0.3 is 0 Å². The Kier molecular flexibility index (Phi) is 5.28. The Bertz CT molecular complexity index is 1210. The number of hydrogen-bond acceptors (Lipinski definition) is 2. The quantitative estimate of drug-likeness (QED) is 0.210. The molecule has 0 fully saturated rings. The molecule has 0 unspecified atom stereocenters. The molecule has 5 rings (SSSR count). The molecule has 5 aromatic rings. The van der Waals surface area contributed by atoms with Crippen LogP contribution in [0.1, 0.15) is 0 Å². The first-order valence-electron chi connectivity index (χ1n) is 10.0. The van der Waals surface area contributed by atoms with Crippen molar-refractivity contribution < 1.29 is 0 Å². The molecule has 0 atom stereocenters. The van der Waals surface area contributed by atoms with Crippen molar-refractivity contribution in [1.29, 1.82) is 0 Å². The van der Waals surface area contributed by atoms with Gasteiger partial charge < -0.3 is 0 Å². The van der Waals surface area contributed by atoms with Crippen LogP contribution in [0.5, 0.6) is 0 Å². The van der Waals surface area contributed by atoms with E-state index in [1.165, 1.54) is 53.6 Å². The third-order valence-corrected chi connectivity index (χ3v) is 7.28. The van der Waals surface area contributed by atoms with Crippen LogP contribution in [0.15, 0.2) is 107 Å². The summed E-state index contributed by atoms with van der Waals surface area (Å²) in [5, 5.41) is 5.24. The van der Waals surface area contributed by atoms with Gasteiger partial charge in [0.25, 0.3) is 0 Å². The van der Waals surface area contributed by atoms with Gasteiger partial charge in [-0.05, 0) is 68.4 Å². The van der Waals surface area contributed by atoms with Gasteiger partial charge in [0.2, 0.25) is 0 Å². The smallest absolute Gasteiger partial charge is 0.0148 e. The van der Waals surface area contributed by atoms with Gasteiger partial charge in [0, 0.05) is 9.79 Å². The van der Waals surface area contributed by atoms with Gasteiger partial charge in [0.05, 0.1) is 0 Å². The topological polar surface area (TPSA) is 0 Å². The van der Waals surface area contributed by atoms with Crippen molar-refractivity contribution in [2.24, 2.45) is 0 Å². The van der Waals surface area contributed by atoms with Crippen LogP contribution >= 0.6 is 23.5 Å². The normalized spacial score (nSPS) is 11.3. The fourth-order valence-corrected chi connectivity index (χ4v) is 5.62. The lowest BCUT2D eigenvalue weighted by Crippen LogP contribution is -1.92. The number of thioether (sulfide) groups is 2. The monoisotopic (exact) mass is 422 g/mol. The Hall–Kier alpha value is -2.68. The van der Waals surface area contributed by atoms with Crippen LogP contribution in [0.4, 0.5) is 0 Å². The SMILES string of the molecule is CSc1ccccc1-c1c2ccccc2c(-c2ccccc2SC)c2ccccc12. The molecule has 0 radical (unpaired) electrons. The molecule has 146 valence electrons. The maximum absolute atomic E-state index is 2.28. The van der Waals surface area contributed by atoms with Gasteiger partial charge in [-0.3, -0.25) is 0 Å². The third kappa shape index (κ3) is 3.12. The van der Waals surface area contributed by atoms with Crippen LogP contribution in [0.25, 0.3) is 43.8 Å². The summed E-state index contributed by atoms with van der Waals surface area (Å²) < 4.78 is 0. The largest absolute Gasteiger partial charge is 0.129 e. The molecule has 2 heteroatoms. The van der Waals surface area contributed by atoms with Crippen LogP contribution in [-0.4, -0.2) is 12.5 Å². The second-order valence-corrected chi connectivity index (χ2v) is 8.94. The van der Waals surface area contributed by atoms with E-state index in [2.05, 4.69) is 110 Å². The third-order valence-electron chi connectivity index (χ3n) is 5.68. The van der Waals surface area contributed by atoms with E-state index in [0.717, 1.165) is 0 Å². The first kappa shape index (κ1) is 19.3. The van der Waals surface area contributed by atoms with Crippen molar-refractivity contribution in [2.45, 2.75) is 9.79 Å². The second kappa shape index (κ2) is 8.22. The van der Waals surface area contributed by atoms with Crippen LogP contribution in [0.2, 0.25) is 0 Å². The summed E-state index contributed by atoms with van der Waals surface area (Å²) in [5.74, 6) is 0. The zero-order chi connectivity index (χ0) is 20.5. The summed E-state index contributed by atoms with van der Waals surface area (Å²) in [7, 11) is 0. The van der Waals surface area contributed by atoms with E-state index in [9.17, 15) is 0 Å². The van der Waals surface area contributed by atoms with Gasteiger partial charge in [-0.2, -0.15) is 0 Å². The molecule has 0 nitrogen and oxygen atoms in total. The first-order valence-corrected chi connectivity index (χ1v) is 12.5. The maximum Gasteiger partial charge on any atom is 0.0148 e. The number of benzene rings is 5. The molecule has 0 saturated carbocycles. The average Bonchev–Trinajstić information content (AvgIpc) is 2.82. The molecule has 0 bridgehead atoms. The lowest BCUT2D eigenvalue weighted by atomic mass is 9.86. The Labute approximate surface area is 186 Å². The van der Waals surface area contributed by atoms with E-state index in [4.69, 9.17) is 0 Å². The molecule has 0 aliphatic heterocycles. The molecular weight excluding hydrogens is 400 g/mol. The molecule has 0 N–H and O–H groups in total. The number of fused-ring (bicyclic) bond motifs is 2. The molecule has 0 aliphatic carbocycles. The van der Waals surface area contributed by atoms with E-state index in [0.29, 0.717) is 0 Å². The van der Waals surface area contributed by atoms with Crippen molar-refractivity contribution in [3.63, 3.8) is 0 Å². The molecule has 0 saturated heterocycles. The zero-order valence-electron chi connectivity index (χ0n) is 17.1. The highest BCUT2D eigenvalue weighted by Gasteiger charge is 2.18. The standard InChI is InChI=1S/C28H22S2/c1-29-25-17-9-7-15-23(25)27-19-11-3-5-13-21(19)28(22-14-6-4-12-20(22)27)24-16-8-10-18-26(24)30-2/h3-18H,1-2H3. The average molecular weight is 423 g/mol. The summed E-state index contributed by atoms with van der Waals surface area (Å²) in [4.78, 5) is 2.62. The predicted molar refractivity (Wildman–Crippen MR) is 136 cm³/mol. The van der Waals surface area contributed by atoms with Gasteiger partial charge in [-0.1, -0.05) is 84.9 Å². The zero-order valence-corrected chi connectivity index (χ0v) is 18.7. The number of hydrogen-bond donors (Lipinski definition) is 0. The lowest BCUT2D eigenvalue weighted by molar-refractivity contribution is 1.46. The van der Waals surface area contributed by atoms with E-state index < -0.39 is 0 Å². The van der Waals surface area contributed by atoms with Crippen molar-refractivity contribution in [3.05, 3.63) is 97.1 Å². The Morgan fingerprint density at radius 2 is 0.700 bits per heavy atom. The van der Waals surface area contributed by atoms with E-state index in [1.807, 2.05) is 23.5 Å². The Morgan fingerprint density at radius 1 is 0.400 bits per heavy atom. The fourth-order valence-electron chi connectivity index (χ4n) is 4.41. The molecule has 0 spiro atoms. The maximum atomic E-state index is 2.28. The first-order chi connectivity index (χ1) is 14.8. The van der Waals surface area contributed by atoms with E-state index in [-0.39, 0.29) is 0 Å². The van der Waals surface area contributed by atoms with Crippen LogP contribution < -0.4 is 0 Å². The second-order valence-electron chi connectivity index (χ2n) is 7.24. The van der Waals surface area contributed by atoms with Gasteiger partial charge in [0.1, 0.15) is 0 Å². The van der Waals surface area contributed by atoms with Crippen molar-refractivity contribution in [1.82, 2.24) is 0 Å². The summed E-state index contributed by atoms with van der Waals surface area (Å²) in [5.41, 5.74) is 5.28. The van der Waals surface area contributed by atoms with E-state index >= 15 is 0 Å². The van der Waals surface area contributed by atoms with E-state index in [1.54, 1.807) is 0 Å². The summed E-state index contributed by atoms with van der Waals surface area (Å²) in [6.45, 7) is 0. The van der Waals surface area contributed by atoms with Crippen molar-refractivity contribution in [2.75, 3.05) is 12.5 Å². The van der Waals surface area contributed by atoms with Crippen LogP contribution in [0, 0.1) is 0 Å². The fraction of sp³-hybridized carbons (Fsp3) is 0.0714. The van der Waals surface area contributed by atoms with Crippen LogP contribution in [0.3, 0.4) is 0 Å². The van der Waals surface area contributed by atoms with Crippen molar-refractivity contribution >= 4 is 45.1 Å². The molecule has 0 amide bonds. The summed E-state index contributed by atoms with van der Waals surface area (Å²) >= 11 is 3.62. The molecule has 0 heterocycles.